The van der Waals surface area contributed by atoms with Crippen molar-refractivity contribution in [1.82, 2.24) is 5.32 Å². The van der Waals surface area contributed by atoms with Gasteiger partial charge in [0, 0.05) is 6.04 Å². The SMILES string of the molecule is CC(Oc1ccc(F)cc1Cl)C(=O)NC1CCCCC1CN.Cl. The third-order valence-corrected chi connectivity index (χ3v) is 4.40. The molecule has 0 aromatic heterocycles. The van der Waals surface area contributed by atoms with Gasteiger partial charge in [0.2, 0.25) is 0 Å². The first kappa shape index (κ1) is 20.0. The first-order valence-electron chi connectivity index (χ1n) is 7.63. The monoisotopic (exact) mass is 364 g/mol. The number of nitrogens with two attached hydrogens (primary N) is 1. The third-order valence-electron chi connectivity index (χ3n) is 4.11. The lowest BCUT2D eigenvalue weighted by molar-refractivity contribution is -0.128. The number of rotatable bonds is 5. The molecule has 7 heteroatoms. The first-order valence-corrected chi connectivity index (χ1v) is 8.01. The van der Waals surface area contributed by atoms with Crippen LogP contribution in [0.2, 0.25) is 5.02 Å². The number of carbonyl (C=O) groups excluding carboxylic acids is 1. The van der Waals surface area contributed by atoms with Crippen molar-refractivity contribution in [3.05, 3.63) is 29.0 Å². The van der Waals surface area contributed by atoms with Gasteiger partial charge in [0.1, 0.15) is 11.6 Å². The number of hydrogen-bond donors (Lipinski definition) is 2. The van der Waals surface area contributed by atoms with Gasteiger partial charge in [-0.1, -0.05) is 24.4 Å². The normalized spacial score (nSPS) is 21.9. The van der Waals surface area contributed by atoms with E-state index in [9.17, 15) is 9.18 Å². The summed E-state index contributed by atoms with van der Waals surface area (Å²) in [6.07, 6.45) is 3.53. The highest BCUT2D eigenvalue weighted by Gasteiger charge is 2.27. The van der Waals surface area contributed by atoms with E-state index in [0.717, 1.165) is 31.7 Å². The molecule has 1 aliphatic carbocycles. The lowest BCUT2D eigenvalue weighted by Gasteiger charge is -2.32. The lowest BCUT2D eigenvalue weighted by atomic mass is 9.84. The minimum atomic E-state index is -0.705. The van der Waals surface area contributed by atoms with Gasteiger partial charge in [-0.3, -0.25) is 4.79 Å². The maximum atomic E-state index is 13.0. The van der Waals surface area contributed by atoms with Crippen LogP contribution in [0.4, 0.5) is 4.39 Å². The minimum Gasteiger partial charge on any atom is -0.479 e. The summed E-state index contributed by atoms with van der Waals surface area (Å²) in [7, 11) is 0. The summed E-state index contributed by atoms with van der Waals surface area (Å²) in [6, 6.07) is 3.93. The van der Waals surface area contributed by atoms with Crippen LogP contribution in [0, 0.1) is 11.7 Å². The second-order valence-corrected chi connectivity index (χ2v) is 6.14. The van der Waals surface area contributed by atoms with Crippen LogP contribution in [0.5, 0.6) is 5.75 Å². The molecule has 3 atom stereocenters. The number of benzene rings is 1. The summed E-state index contributed by atoms with van der Waals surface area (Å²) in [5.74, 6) is -0.0303. The number of hydrogen-bond acceptors (Lipinski definition) is 3. The average Bonchev–Trinajstić information content (AvgIpc) is 2.50. The fourth-order valence-electron chi connectivity index (χ4n) is 2.79. The van der Waals surface area contributed by atoms with Crippen molar-refractivity contribution >= 4 is 29.9 Å². The van der Waals surface area contributed by atoms with Crippen LogP contribution in [0.3, 0.4) is 0 Å². The molecule has 2 rings (SSSR count). The summed E-state index contributed by atoms with van der Waals surface area (Å²) in [5, 5.41) is 3.16. The van der Waals surface area contributed by atoms with Crippen LogP contribution < -0.4 is 15.8 Å². The van der Waals surface area contributed by atoms with E-state index in [-0.39, 0.29) is 29.4 Å². The molecule has 0 saturated heterocycles. The summed E-state index contributed by atoms with van der Waals surface area (Å²) in [6.45, 7) is 2.22. The molecule has 0 heterocycles. The molecule has 130 valence electrons. The lowest BCUT2D eigenvalue weighted by Crippen LogP contribution is -2.48. The Morgan fingerprint density at radius 3 is 2.83 bits per heavy atom. The summed E-state index contributed by atoms with van der Waals surface area (Å²) in [5.41, 5.74) is 5.77. The highest BCUT2D eigenvalue weighted by atomic mass is 35.5. The van der Waals surface area contributed by atoms with Crippen LogP contribution in [-0.4, -0.2) is 24.6 Å². The molecule has 0 spiro atoms. The zero-order valence-corrected chi connectivity index (χ0v) is 14.6. The molecule has 23 heavy (non-hydrogen) atoms. The van der Waals surface area contributed by atoms with E-state index in [1.54, 1.807) is 6.92 Å². The Morgan fingerprint density at radius 1 is 1.48 bits per heavy atom. The molecule has 1 aliphatic rings. The van der Waals surface area contributed by atoms with Crippen molar-refractivity contribution in [2.24, 2.45) is 11.7 Å². The van der Waals surface area contributed by atoms with Crippen LogP contribution in [-0.2, 0) is 4.79 Å². The van der Waals surface area contributed by atoms with Crippen LogP contribution in [0.25, 0.3) is 0 Å². The quantitative estimate of drug-likeness (QED) is 0.842. The van der Waals surface area contributed by atoms with Gasteiger partial charge in [0.25, 0.3) is 5.91 Å². The van der Waals surface area contributed by atoms with Gasteiger partial charge in [0.15, 0.2) is 6.10 Å². The summed E-state index contributed by atoms with van der Waals surface area (Å²) < 4.78 is 18.5. The van der Waals surface area contributed by atoms with Gasteiger partial charge in [0.05, 0.1) is 5.02 Å². The number of ether oxygens (including phenoxy) is 1. The largest absolute Gasteiger partial charge is 0.479 e. The Balaban J connectivity index is 0.00000264. The van der Waals surface area contributed by atoms with E-state index in [0.29, 0.717) is 18.2 Å². The maximum Gasteiger partial charge on any atom is 0.261 e. The van der Waals surface area contributed by atoms with Crippen molar-refractivity contribution in [2.45, 2.75) is 44.8 Å². The zero-order chi connectivity index (χ0) is 16.1. The average molecular weight is 365 g/mol. The highest BCUT2D eigenvalue weighted by Crippen LogP contribution is 2.26. The number of nitrogens with one attached hydrogen (secondary N) is 1. The maximum absolute atomic E-state index is 13.0. The van der Waals surface area contributed by atoms with Crippen LogP contribution in [0.15, 0.2) is 18.2 Å². The second-order valence-electron chi connectivity index (χ2n) is 5.73. The topological polar surface area (TPSA) is 64.3 Å². The van der Waals surface area contributed by atoms with Gasteiger partial charge in [-0.25, -0.2) is 4.39 Å². The second kappa shape index (κ2) is 9.30. The molecule has 1 aromatic carbocycles. The van der Waals surface area contributed by atoms with Gasteiger partial charge in [-0.05, 0) is 50.4 Å². The fraction of sp³-hybridized carbons (Fsp3) is 0.562. The highest BCUT2D eigenvalue weighted by molar-refractivity contribution is 6.32. The Bertz CT molecular complexity index is 531. The van der Waals surface area contributed by atoms with Gasteiger partial charge >= 0.3 is 0 Å². The van der Waals surface area contributed by atoms with Crippen molar-refractivity contribution in [2.75, 3.05) is 6.54 Å². The van der Waals surface area contributed by atoms with E-state index in [1.807, 2.05) is 0 Å². The molecule has 0 aliphatic heterocycles. The van der Waals surface area contributed by atoms with Gasteiger partial charge < -0.3 is 15.8 Å². The molecule has 1 aromatic rings. The Kier molecular flexibility index (Phi) is 8.09. The van der Waals surface area contributed by atoms with E-state index in [4.69, 9.17) is 22.1 Å². The first-order chi connectivity index (χ1) is 10.5. The molecule has 0 radical (unpaired) electrons. The fourth-order valence-corrected chi connectivity index (χ4v) is 3.01. The van der Waals surface area contributed by atoms with Crippen molar-refractivity contribution in [1.29, 1.82) is 0 Å². The molecular weight excluding hydrogens is 342 g/mol. The van der Waals surface area contributed by atoms with Crippen LogP contribution >= 0.6 is 24.0 Å². The van der Waals surface area contributed by atoms with Crippen molar-refractivity contribution < 1.29 is 13.9 Å². The van der Waals surface area contributed by atoms with E-state index in [1.165, 1.54) is 12.1 Å². The van der Waals surface area contributed by atoms with Gasteiger partial charge in [-0.15, -0.1) is 12.4 Å². The molecule has 3 unspecified atom stereocenters. The Morgan fingerprint density at radius 2 is 2.17 bits per heavy atom. The van der Waals surface area contributed by atoms with E-state index < -0.39 is 11.9 Å². The molecule has 3 N–H and O–H groups in total. The van der Waals surface area contributed by atoms with E-state index >= 15 is 0 Å². The third kappa shape index (κ3) is 5.52. The molecular formula is C16H23Cl2FN2O2. The Labute approximate surface area is 147 Å². The summed E-state index contributed by atoms with van der Waals surface area (Å²) >= 11 is 5.90. The van der Waals surface area contributed by atoms with E-state index in [2.05, 4.69) is 5.32 Å². The Hall–Kier alpha value is -1.04. The predicted octanol–water partition coefficient (Wildman–Crippen LogP) is 3.30. The minimum absolute atomic E-state index is 0. The molecule has 4 nitrogen and oxygen atoms in total. The summed E-state index contributed by atoms with van der Waals surface area (Å²) in [4.78, 5) is 12.3. The zero-order valence-electron chi connectivity index (χ0n) is 13.1. The van der Waals surface area contributed by atoms with Crippen molar-refractivity contribution in [3.63, 3.8) is 0 Å². The smallest absolute Gasteiger partial charge is 0.261 e. The standard InChI is InChI=1S/C16H22ClFN2O2.ClH/c1-10(22-15-7-6-12(18)8-13(15)17)16(21)20-14-5-3-2-4-11(14)9-19;/h6-8,10-11,14H,2-5,9,19H2,1H3,(H,20,21);1H. The predicted molar refractivity (Wildman–Crippen MR) is 91.7 cm³/mol. The number of halogens is 3. The van der Waals surface area contributed by atoms with Crippen LogP contribution in [0.1, 0.15) is 32.6 Å². The molecule has 1 amide bonds. The molecule has 0 bridgehead atoms. The molecule has 1 saturated carbocycles. The number of amides is 1. The number of carbonyl (C=O) groups is 1. The van der Waals surface area contributed by atoms with Gasteiger partial charge in [-0.2, -0.15) is 0 Å². The molecule has 1 fully saturated rings. The van der Waals surface area contributed by atoms with Crippen molar-refractivity contribution in [3.8, 4) is 5.75 Å².